The van der Waals surface area contributed by atoms with E-state index in [9.17, 15) is 0 Å². The van der Waals surface area contributed by atoms with Crippen molar-refractivity contribution >= 4 is 0 Å². The summed E-state index contributed by atoms with van der Waals surface area (Å²) in [6.07, 6.45) is 8.55. The van der Waals surface area contributed by atoms with Crippen molar-refractivity contribution in [2.75, 3.05) is 19.6 Å². The van der Waals surface area contributed by atoms with Crippen molar-refractivity contribution in [3.05, 3.63) is 0 Å². The molecule has 0 radical (unpaired) electrons. The number of likely N-dealkylation sites (tertiary alicyclic amines) is 1. The summed E-state index contributed by atoms with van der Waals surface area (Å²) in [4.78, 5) is 2.64. The van der Waals surface area contributed by atoms with Gasteiger partial charge in [-0.15, -0.1) is 0 Å². The Kier molecular flexibility index (Phi) is 4.87. The first kappa shape index (κ1) is 13.4. The van der Waals surface area contributed by atoms with Gasteiger partial charge < -0.3 is 10.6 Å². The van der Waals surface area contributed by atoms with Gasteiger partial charge in [0.2, 0.25) is 0 Å². The maximum Gasteiger partial charge on any atom is 0.0193 e. The Bertz CT molecular complexity index is 227. The predicted molar refractivity (Wildman–Crippen MR) is 73.9 cm³/mol. The first-order valence-corrected chi connectivity index (χ1v) is 7.68. The summed E-state index contributed by atoms with van der Waals surface area (Å²) < 4.78 is 0. The van der Waals surface area contributed by atoms with Gasteiger partial charge in [0.25, 0.3) is 0 Å². The van der Waals surface area contributed by atoms with Gasteiger partial charge in [0, 0.05) is 19.1 Å². The van der Waals surface area contributed by atoms with Gasteiger partial charge in [0.15, 0.2) is 0 Å². The van der Waals surface area contributed by atoms with E-state index in [1.807, 2.05) is 0 Å². The van der Waals surface area contributed by atoms with Crippen LogP contribution in [0.4, 0.5) is 0 Å². The van der Waals surface area contributed by atoms with Gasteiger partial charge in [0.1, 0.15) is 0 Å². The molecule has 2 N–H and O–H groups in total. The number of fused-ring (bicyclic) bond motifs is 1. The van der Waals surface area contributed by atoms with Crippen LogP contribution in [0.25, 0.3) is 0 Å². The topological polar surface area (TPSA) is 29.3 Å². The lowest BCUT2D eigenvalue weighted by molar-refractivity contribution is 0.0785. The van der Waals surface area contributed by atoms with Gasteiger partial charge in [-0.2, -0.15) is 0 Å². The van der Waals surface area contributed by atoms with Crippen molar-refractivity contribution in [2.45, 2.75) is 58.4 Å². The molecular weight excluding hydrogens is 208 g/mol. The van der Waals surface area contributed by atoms with Crippen LogP contribution < -0.4 is 5.73 Å². The average molecular weight is 238 g/mol. The lowest BCUT2D eigenvalue weighted by atomic mass is 9.75. The highest BCUT2D eigenvalue weighted by Gasteiger charge is 2.31. The SMILES string of the molecule is CCC(C)C(N)CN1CCC2CCCCC2C1. The lowest BCUT2D eigenvalue weighted by Gasteiger charge is -2.42. The second-order valence-electron chi connectivity index (χ2n) is 6.40. The summed E-state index contributed by atoms with van der Waals surface area (Å²) in [7, 11) is 0. The van der Waals surface area contributed by atoms with Crippen molar-refractivity contribution in [3.8, 4) is 0 Å². The average Bonchev–Trinajstić information content (AvgIpc) is 2.37. The minimum Gasteiger partial charge on any atom is -0.326 e. The summed E-state index contributed by atoms with van der Waals surface area (Å²) in [5, 5.41) is 0. The molecule has 2 aliphatic rings. The lowest BCUT2D eigenvalue weighted by Crippen LogP contribution is -2.48. The van der Waals surface area contributed by atoms with Crippen LogP contribution in [-0.4, -0.2) is 30.6 Å². The number of rotatable bonds is 4. The fourth-order valence-electron chi connectivity index (χ4n) is 3.62. The maximum absolute atomic E-state index is 6.28. The first-order chi connectivity index (χ1) is 8.20. The smallest absolute Gasteiger partial charge is 0.0193 e. The summed E-state index contributed by atoms with van der Waals surface area (Å²) in [5.41, 5.74) is 6.28. The van der Waals surface area contributed by atoms with Crippen molar-refractivity contribution in [3.63, 3.8) is 0 Å². The van der Waals surface area contributed by atoms with Gasteiger partial charge >= 0.3 is 0 Å². The second-order valence-corrected chi connectivity index (χ2v) is 6.40. The second kappa shape index (κ2) is 6.19. The third kappa shape index (κ3) is 3.45. The Morgan fingerprint density at radius 3 is 2.59 bits per heavy atom. The van der Waals surface area contributed by atoms with Crippen molar-refractivity contribution < 1.29 is 0 Å². The molecule has 4 unspecified atom stereocenters. The molecule has 2 nitrogen and oxygen atoms in total. The zero-order chi connectivity index (χ0) is 12.3. The Morgan fingerprint density at radius 2 is 1.88 bits per heavy atom. The van der Waals surface area contributed by atoms with Crippen LogP contribution in [0.5, 0.6) is 0 Å². The number of hydrogen-bond donors (Lipinski definition) is 1. The number of piperidine rings is 1. The van der Waals surface area contributed by atoms with Gasteiger partial charge in [-0.25, -0.2) is 0 Å². The third-order valence-corrected chi connectivity index (χ3v) is 5.22. The molecule has 0 spiro atoms. The minimum atomic E-state index is 0.375. The zero-order valence-electron chi connectivity index (χ0n) is 11.7. The highest BCUT2D eigenvalue weighted by Crippen LogP contribution is 2.36. The molecule has 17 heavy (non-hydrogen) atoms. The quantitative estimate of drug-likeness (QED) is 0.816. The Balaban J connectivity index is 1.79. The molecule has 1 aliphatic carbocycles. The van der Waals surface area contributed by atoms with Gasteiger partial charge in [0.05, 0.1) is 0 Å². The van der Waals surface area contributed by atoms with Crippen molar-refractivity contribution in [2.24, 2.45) is 23.5 Å². The predicted octanol–water partition coefficient (Wildman–Crippen LogP) is 2.87. The molecular formula is C15H30N2. The fraction of sp³-hybridized carbons (Fsp3) is 1.00. The molecule has 0 aromatic carbocycles. The summed E-state index contributed by atoms with van der Waals surface area (Å²) >= 11 is 0. The summed E-state index contributed by atoms with van der Waals surface area (Å²) in [6.45, 7) is 8.29. The minimum absolute atomic E-state index is 0.375. The molecule has 0 aromatic heterocycles. The van der Waals surface area contributed by atoms with Gasteiger partial charge in [-0.05, 0) is 37.1 Å². The summed E-state index contributed by atoms with van der Waals surface area (Å²) in [6, 6.07) is 0.375. The van der Waals surface area contributed by atoms with E-state index in [2.05, 4.69) is 18.7 Å². The van der Waals surface area contributed by atoms with Crippen LogP contribution in [0.2, 0.25) is 0 Å². The molecule has 1 saturated carbocycles. The fourth-order valence-corrected chi connectivity index (χ4v) is 3.62. The van der Waals surface area contributed by atoms with E-state index in [1.165, 1.54) is 51.6 Å². The van der Waals surface area contributed by atoms with E-state index in [4.69, 9.17) is 5.73 Å². The Labute approximate surface area is 107 Å². The van der Waals surface area contributed by atoms with Gasteiger partial charge in [-0.1, -0.05) is 39.5 Å². The molecule has 1 saturated heterocycles. The van der Waals surface area contributed by atoms with E-state index < -0.39 is 0 Å². The summed E-state index contributed by atoms with van der Waals surface area (Å²) in [5.74, 6) is 2.69. The molecule has 1 heterocycles. The standard InChI is InChI=1S/C15H30N2/c1-3-12(2)15(16)11-17-9-8-13-6-4-5-7-14(13)10-17/h12-15H,3-11,16H2,1-2H3. The largest absolute Gasteiger partial charge is 0.326 e. The molecule has 0 aromatic rings. The van der Waals surface area contributed by atoms with E-state index in [1.54, 1.807) is 0 Å². The highest BCUT2D eigenvalue weighted by molar-refractivity contribution is 4.85. The van der Waals surface area contributed by atoms with E-state index in [-0.39, 0.29) is 0 Å². The van der Waals surface area contributed by atoms with Crippen molar-refractivity contribution in [1.82, 2.24) is 4.90 Å². The molecule has 2 heteroatoms. The highest BCUT2D eigenvalue weighted by atomic mass is 15.1. The normalized spacial score (nSPS) is 34.1. The third-order valence-electron chi connectivity index (χ3n) is 5.22. The number of hydrogen-bond acceptors (Lipinski definition) is 2. The molecule has 1 aliphatic heterocycles. The first-order valence-electron chi connectivity index (χ1n) is 7.68. The van der Waals surface area contributed by atoms with Gasteiger partial charge in [-0.3, -0.25) is 0 Å². The molecule has 2 fully saturated rings. The number of nitrogens with two attached hydrogens (primary N) is 1. The van der Waals surface area contributed by atoms with Crippen molar-refractivity contribution in [1.29, 1.82) is 0 Å². The number of nitrogens with zero attached hydrogens (tertiary/aromatic N) is 1. The zero-order valence-corrected chi connectivity index (χ0v) is 11.7. The molecule has 4 atom stereocenters. The van der Waals surface area contributed by atoms with E-state index in [0.29, 0.717) is 12.0 Å². The monoisotopic (exact) mass is 238 g/mol. The van der Waals surface area contributed by atoms with Crippen LogP contribution in [0, 0.1) is 17.8 Å². The van der Waals surface area contributed by atoms with E-state index >= 15 is 0 Å². The van der Waals surface area contributed by atoms with Crippen LogP contribution in [0.15, 0.2) is 0 Å². The van der Waals surface area contributed by atoms with E-state index in [0.717, 1.165) is 18.4 Å². The van der Waals surface area contributed by atoms with Crippen LogP contribution in [-0.2, 0) is 0 Å². The molecule has 100 valence electrons. The molecule has 2 rings (SSSR count). The Morgan fingerprint density at radius 1 is 1.18 bits per heavy atom. The Hall–Kier alpha value is -0.0800. The van der Waals surface area contributed by atoms with Crippen LogP contribution in [0.1, 0.15) is 52.4 Å². The van der Waals surface area contributed by atoms with Crippen LogP contribution in [0.3, 0.4) is 0 Å². The van der Waals surface area contributed by atoms with Crippen LogP contribution >= 0.6 is 0 Å². The molecule has 0 amide bonds. The maximum atomic E-state index is 6.28. The molecule has 0 bridgehead atoms.